The highest BCUT2D eigenvalue weighted by molar-refractivity contribution is 7.99. The van der Waals surface area contributed by atoms with Gasteiger partial charge in [-0.1, -0.05) is 77.4 Å². The van der Waals surface area contributed by atoms with Crippen LogP contribution in [0.15, 0.2) is 111 Å². The van der Waals surface area contributed by atoms with E-state index in [1.807, 2.05) is 60.3 Å². The zero-order chi connectivity index (χ0) is 33.5. The lowest BCUT2D eigenvalue weighted by Gasteiger charge is -2.36. The molecule has 48 heavy (non-hydrogen) atoms. The molecule has 0 bridgehead atoms. The maximum absolute atomic E-state index is 10.5. The molecule has 4 aromatic carbocycles. The van der Waals surface area contributed by atoms with Crippen LogP contribution < -0.4 is 15.5 Å². The molecule has 1 saturated heterocycles. The summed E-state index contributed by atoms with van der Waals surface area (Å²) in [7, 11) is 1.66. The molecule has 8 nitrogen and oxygen atoms in total. The number of rotatable bonds is 7. The second-order valence-corrected chi connectivity index (χ2v) is 13.7. The summed E-state index contributed by atoms with van der Waals surface area (Å²) in [6.07, 6.45) is 1.12. The minimum atomic E-state index is 0.229. The van der Waals surface area contributed by atoms with Crippen LogP contribution >= 0.6 is 35.0 Å². The van der Waals surface area contributed by atoms with E-state index in [4.69, 9.17) is 28.3 Å². The third-order valence-corrected chi connectivity index (χ3v) is 10.2. The molecule has 11 heteroatoms. The summed E-state index contributed by atoms with van der Waals surface area (Å²) in [6, 6.07) is 29.9. The molecule has 0 atom stereocenters. The number of anilines is 2. The molecule has 3 aliphatic rings. The summed E-state index contributed by atoms with van der Waals surface area (Å²) in [6.45, 7) is 7.68. The van der Waals surface area contributed by atoms with Gasteiger partial charge in [-0.15, -0.1) is 0 Å². The number of aliphatic imine (C=N–C) groups is 1. The van der Waals surface area contributed by atoms with E-state index in [0.29, 0.717) is 16.6 Å². The van der Waals surface area contributed by atoms with Crippen molar-refractivity contribution in [1.29, 1.82) is 0 Å². The van der Waals surface area contributed by atoms with Gasteiger partial charge in [-0.05, 0) is 61.5 Å². The Morgan fingerprint density at radius 1 is 0.771 bits per heavy atom. The molecule has 3 heterocycles. The molecular formula is C37H40Cl2N6O2S. The van der Waals surface area contributed by atoms with Crippen molar-refractivity contribution in [3.05, 3.63) is 117 Å². The number of para-hydroxylation sites is 1. The quantitative estimate of drug-likeness (QED) is 0.253. The number of hydrogen-bond donors (Lipinski definition) is 2. The van der Waals surface area contributed by atoms with Crippen molar-refractivity contribution in [2.24, 2.45) is 9.98 Å². The van der Waals surface area contributed by atoms with Crippen LogP contribution in [0.25, 0.3) is 5.70 Å². The number of β-amino-alcohol motifs (C(OH)–C–C–N with tert-alkyl or cyclic N) is 1. The summed E-state index contributed by atoms with van der Waals surface area (Å²) in [5.41, 5.74) is 4.08. The van der Waals surface area contributed by atoms with Gasteiger partial charge in [-0.3, -0.25) is 15.1 Å². The predicted molar refractivity (Wildman–Crippen MR) is 197 cm³/mol. The number of nitrogens with zero attached hydrogens (tertiary/aromatic N) is 6. The summed E-state index contributed by atoms with van der Waals surface area (Å²) in [5, 5.41) is 23.6. The van der Waals surface area contributed by atoms with Crippen LogP contribution in [0.4, 0.5) is 11.4 Å². The highest BCUT2D eigenvalue weighted by atomic mass is 35.5. The number of amidine groups is 1. The largest absolute Gasteiger partial charge is 0.395 e. The molecule has 3 aliphatic heterocycles. The lowest BCUT2D eigenvalue weighted by Crippen LogP contribution is -2.47. The van der Waals surface area contributed by atoms with E-state index in [9.17, 15) is 5.21 Å². The molecule has 0 unspecified atom stereocenters. The van der Waals surface area contributed by atoms with Gasteiger partial charge in [0.05, 0.1) is 29.0 Å². The van der Waals surface area contributed by atoms with E-state index in [2.05, 4.69) is 61.1 Å². The Balaban J connectivity index is 0.000000173. The molecule has 0 saturated carbocycles. The van der Waals surface area contributed by atoms with Gasteiger partial charge >= 0.3 is 0 Å². The molecule has 1 fully saturated rings. The number of piperazine rings is 1. The van der Waals surface area contributed by atoms with Crippen molar-refractivity contribution < 1.29 is 10.3 Å². The van der Waals surface area contributed by atoms with E-state index < -0.39 is 0 Å². The monoisotopic (exact) mass is 702 g/mol. The zero-order valence-corrected chi connectivity index (χ0v) is 29.3. The molecule has 7 rings (SSSR count). The van der Waals surface area contributed by atoms with Gasteiger partial charge < -0.3 is 14.9 Å². The van der Waals surface area contributed by atoms with Crippen LogP contribution in [0.3, 0.4) is 0 Å². The van der Waals surface area contributed by atoms with E-state index in [1.165, 1.54) is 26.2 Å². The maximum Gasteiger partial charge on any atom is 0.145 e. The Hall–Kier alpha value is -3.41. The third-order valence-electron chi connectivity index (χ3n) is 8.64. The fourth-order valence-corrected chi connectivity index (χ4v) is 7.63. The van der Waals surface area contributed by atoms with Gasteiger partial charge in [-0.2, -0.15) is 0 Å². The minimum Gasteiger partial charge on any atom is -0.395 e. The van der Waals surface area contributed by atoms with Crippen LogP contribution in [0.2, 0.25) is 10.0 Å². The van der Waals surface area contributed by atoms with Crippen LogP contribution in [-0.4, -0.2) is 97.0 Å². The highest BCUT2D eigenvalue weighted by Gasteiger charge is 2.24. The SMILES string of the molecule is CN=C1CN(O)C(c2ccccc2)=c2cc(Cl)ccc2=N1.OCCN1CCN(CCCN2c3ccccc3Sc3ccc(Cl)cc32)CC1. The van der Waals surface area contributed by atoms with Crippen LogP contribution in [0, 0.1) is 0 Å². The van der Waals surface area contributed by atoms with Gasteiger partial charge in [0, 0.05) is 76.9 Å². The topological polar surface area (TPSA) is 78.1 Å². The Bertz CT molecular complexity index is 1870. The second kappa shape index (κ2) is 16.3. The summed E-state index contributed by atoms with van der Waals surface area (Å²) < 4.78 is 0. The summed E-state index contributed by atoms with van der Waals surface area (Å²) in [4.78, 5) is 18.5. The Labute approximate surface area is 296 Å². The van der Waals surface area contributed by atoms with Crippen molar-refractivity contribution >= 4 is 57.9 Å². The van der Waals surface area contributed by atoms with E-state index >= 15 is 0 Å². The van der Waals surface area contributed by atoms with Gasteiger partial charge in [0.1, 0.15) is 12.4 Å². The zero-order valence-electron chi connectivity index (χ0n) is 27.0. The molecule has 2 N–H and O–H groups in total. The number of benzene rings is 4. The molecule has 0 radical (unpaired) electrons. The first-order valence-electron chi connectivity index (χ1n) is 16.2. The van der Waals surface area contributed by atoms with Gasteiger partial charge in [-0.25, -0.2) is 10.1 Å². The molecule has 4 aromatic rings. The first kappa shape index (κ1) is 34.5. The van der Waals surface area contributed by atoms with Crippen molar-refractivity contribution in [2.45, 2.75) is 16.2 Å². The average molecular weight is 704 g/mol. The first-order chi connectivity index (χ1) is 23.4. The normalized spacial score (nSPS) is 17.1. The average Bonchev–Trinajstić information content (AvgIpc) is 3.24. The lowest BCUT2D eigenvalue weighted by molar-refractivity contribution is -0.0119. The van der Waals surface area contributed by atoms with E-state index in [0.717, 1.165) is 73.4 Å². The molecule has 0 amide bonds. The van der Waals surface area contributed by atoms with Crippen molar-refractivity contribution in [1.82, 2.24) is 14.9 Å². The predicted octanol–water partition coefficient (Wildman–Crippen LogP) is 5.79. The molecular weight excluding hydrogens is 663 g/mol. The molecule has 0 aliphatic carbocycles. The lowest BCUT2D eigenvalue weighted by atomic mass is 10.1. The smallest absolute Gasteiger partial charge is 0.145 e. The van der Waals surface area contributed by atoms with Crippen molar-refractivity contribution in [3.8, 4) is 0 Å². The number of hydroxylamine groups is 2. The Morgan fingerprint density at radius 2 is 1.44 bits per heavy atom. The molecule has 0 aromatic heterocycles. The van der Waals surface area contributed by atoms with Crippen LogP contribution in [0.5, 0.6) is 0 Å². The second-order valence-electron chi connectivity index (χ2n) is 11.8. The van der Waals surface area contributed by atoms with Crippen molar-refractivity contribution in [3.63, 3.8) is 0 Å². The molecule has 0 spiro atoms. The number of aliphatic hydroxyl groups excluding tert-OH is 1. The first-order valence-corrected chi connectivity index (χ1v) is 17.8. The van der Waals surface area contributed by atoms with E-state index in [1.54, 1.807) is 13.1 Å². The number of halogens is 2. The minimum absolute atomic E-state index is 0.229. The standard InChI is InChI=1S/C21H26ClN3OS.C16H14ClN3O/c22-17-6-7-21-19(16-17)25(18-4-1-2-5-20(18)27-21)9-3-8-23-10-12-24(13-11-23)14-15-26;1-18-15-10-20(21)16(11-5-3-2-4-6-11)13-9-12(17)7-8-14(13)19-15/h1-2,4-7,16,26H,3,8-15H2;2-9,21H,10H2,1H3. The van der Waals surface area contributed by atoms with Gasteiger partial charge in [0.15, 0.2) is 0 Å². The fraction of sp³-hybridized carbons (Fsp3) is 0.297. The third kappa shape index (κ3) is 8.23. The maximum atomic E-state index is 10.5. The Kier molecular flexibility index (Phi) is 11.7. The Morgan fingerprint density at radius 3 is 2.19 bits per heavy atom. The number of hydrogen-bond acceptors (Lipinski definition) is 8. The summed E-state index contributed by atoms with van der Waals surface area (Å²) >= 11 is 14.2. The van der Waals surface area contributed by atoms with E-state index in [-0.39, 0.29) is 13.2 Å². The van der Waals surface area contributed by atoms with Crippen LogP contribution in [0.1, 0.15) is 12.0 Å². The summed E-state index contributed by atoms with van der Waals surface area (Å²) in [5.74, 6) is 0.562. The van der Waals surface area contributed by atoms with Crippen molar-refractivity contribution in [2.75, 3.05) is 70.9 Å². The highest BCUT2D eigenvalue weighted by Crippen LogP contribution is 2.48. The fourth-order valence-electron chi connectivity index (χ4n) is 6.22. The van der Waals surface area contributed by atoms with Gasteiger partial charge in [0.25, 0.3) is 0 Å². The number of aliphatic hydroxyl groups is 1. The van der Waals surface area contributed by atoms with Gasteiger partial charge in [0.2, 0.25) is 0 Å². The van der Waals surface area contributed by atoms with Crippen LogP contribution in [-0.2, 0) is 0 Å². The number of fused-ring (bicyclic) bond motifs is 3. The molecule has 250 valence electrons.